The number of carbonyl (C=O) groups excluding carboxylic acids is 3. The maximum atomic E-state index is 13.1. The second kappa shape index (κ2) is 17.1. The van der Waals surface area contributed by atoms with Crippen molar-refractivity contribution in [1.29, 1.82) is 0 Å². The average molecular weight is 688 g/mol. The van der Waals surface area contributed by atoms with Crippen LogP contribution in [-0.2, 0) is 41.7 Å². The van der Waals surface area contributed by atoms with E-state index in [9.17, 15) is 19.5 Å². The Bertz CT molecular complexity index is 1590. The second-order valence-electron chi connectivity index (χ2n) is 13.7. The quantitative estimate of drug-likeness (QED) is 0.209. The number of nitrogens with zero attached hydrogens (tertiary/aromatic N) is 1. The van der Waals surface area contributed by atoms with Crippen LogP contribution in [0.15, 0.2) is 72.8 Å². The van der Waals surface area contributed by atoms with Gasteiger partial charge in [-0.1, -0.05) is 66.7 Å². The smallest absolute Gasteiger partial charge is 0.325 e. The van der Waals surface area contributed by atoms with Gasteiger partial charge in [-0.2, -0.15) is 0 Å². The summed E-state index contributed by atoms with van der Waals surface area (Å²) in [6.45, 7) is 9.09. The summed E-state index contributed by atoms with van der Waals surface area (Å²) < 4.78 is 23.7. The van der Waals surface area contributed by atoms with Crippen LogP contribution in [0.2, 0.25) is 0 Å². The first-order valence-corrected chi connectivity index (χ1v) is 17.4. The molecule has 0 aliphatic carbocycles. The van der Waals surface area contributed by atoms with Crippen LogP contribution in [0.3, 0.4) is 0 Å². The molecule has 0 spiro atoms. The van der Waals surface area contributed by atoms with E-state index in [4.69, 9.17) is 18.9 Å². The lowest BCUT2D eigenvalue weighted by atomic mass is 9.98. The van der Waals surface area contributed by atoms with Crippen molar-refractivity contribution in [3.8, 4) is 11.1 Å². The largest absolute Gasteiger partial charge is 0.465 e. The molecule has 3 N–H and O–H groups in total. The summed E-state index contributed by atoms with van der Waals surface area (Å²) >= 11 is 0. The molecule has 11 nitrogen and oxygen atoms in total. The third kappa shape index (κ3) is 10.4. The number of ether oxygens (including phenoxy) is 4. The average Bonchev–Trinajstić information content (AvgIpc) is 3.57. The lowest BCUT2D eigenvalue weighted by molar-refractivity contribution is -0.253. The first-order valence-electron chi connectivity index (χ1n) is 17.4. The maximum absolute atomic E-state index is 13.1. The number of urea groups is 1. The van der Waals surface area contributed by atoms with Gasteiger partial charge in [-0.15, -0.1) is 0 Å². The molecule has 4 atom stereocenters. The summed E-state index contributed by atoms with van der Waals surface area (Å²) in [5.74, 6) is -0.680. The first kappa shape index (κ1) is 37.0. The van der Waals surface area contributed by atoms with E-state index in [0.717, 1.165) is 52.8 Å². The monoisotopic (exact) mass is 687 g/mol. The highest BCUT2D eigenvalue weighted by Crippen LogP contribution is 2.39. The molecule has 0 bridgehead atoms. The Kier molecular flexibility index (Phi) is 12.6. The Labute approximate surface area is 294 Å². The van der Waals surface area contributed by atoms with Gasteiger partial charge in [-0.3, -0.25) is 14.5 Å². The summed E-state index contributed by atoms with van der Waals surface area (Å²) in [5, 5.41) is 14.8. The van der Waals surface area contributed by atoms with Gasteiger partial charge >= 0.3 is 18.0 Å². The Morgan fingerprint density at radius 2 is 1.66 bits per heavy atom. The summed E-state index contributed by atoms with van der Waals surface area (Å²) in [6.07, 6.45) is 1.23. The number of hydrogen-bond donors (Lipinski definition) is 3. The number of likely N-dealkylation sites (tertiary alicyclic amines) is 1. The molecule has 0 radical (unpaired) electrons. The van der Waals surface area contributed by atoms with E-state index in [1.807, 2.05) is 93.6 Å². The van der Waals surface area contributed by atoms with Crippen molar-refractivity contribution in [2.24, 2.45) is 0 Å². The number of aliphatic hydroxyl groups is 1. The van der Waals surface area contributed by atoms with Gasteiger partial charge in [0.15, 0.2) is 6.29 Å². The number of esters is 2. The number of rotatable bonds is 12. The highest BCUT2D eigenvalue weighted by molar-refractivity contribution is 5.80. The van der Waals surface area contributed by atoms with E-state index in [-0.39, 0.29) is 50.5 Å². The zero-order valence-corrected chi connectivity index (χ0v) is 29.4. The molecule has 3 aromatic carbocycles. The fraction of sp³-hybridized carbons (Fsp3) is 0.462. The number of benzene rings is 3. The van der Waals surface area contributed by atoms with Crippen molar-refractivity contribution in [3.63, 3.8) is 0 Å². The van der Waals surface area contributed by atoms with E-state index in [1.165, 1.54) is 0 Å². The highest BCUT2D eigenvalue weighted by Gasteiger charge is 2.39. The van der Waals surface area contributed by atoms with Gasteiger partial charge in [0.25, 0.3) is 0 Å². The summed E-state index contributed by atoms with van der Waals surface area (Å²) in [4.78, 5) is 38.9. The lowest BCUT2D eigenvalue weighted by Crippen LogP contribution is -2.45. The van der Waals surface area contributed by atoms with Crippen molar-refractivity contribution in [3.05, 3.63) is 95.1 Å². The van der Waals surface area contributed by atoms with Crippen molar-refractivity contribution in [2.45, 2.75) is 90.2 Å². The SMILES string of the molecule is CCOC(=O)CNC(=O)NCc1cccc(-c2ccc([C@H]3O[C@@H](CN4CCC[C@H]4C(=O)OC(C)(C)C)C[C@@H](c4ccc(CO)cc4)O3)cc2)c1. The third-order valence-electron chi connectivity index (χ3n) is 8.69. The molecule has 2 aliphatic heterocycles. The van der Waals surface area contributed by atoms with Gasteiger partial charge in [0.2, 0.25) is 0 Å². The molecule has 2 fully saturated rings. The van der Waals surface area contributed by atoms with E-state index in [0.29, 0.717) is 13.0 Å². The minimum absolute atomic E-state index is 0.0284. The van der Waals surface area contributed by atoms with E-state index < -0.39 is 23.9 Å². The van der Waals surface area contributed by atoms with Crippen LogP contribution < -0.4 is 10.6 Å². The number of aliphatic hydroxyl groups excluding tert-OH is 1. The highest BCUT2D eigenvalue weighted by atomic mass is 16.7. The molecule has 2 heterocycles. The van der Waals surface area contributed by atoms with E-state index in [2.05, 4.69) is 15.5 Å². The van der Waals surface area contributed by atoms with Crippen LogP contribution >= 0.6 is 0 Å². The van der Waals surface area contributed by atoms with Crippen LogP contribution in [0, 0.1) is 0 Å². The zero-order chi connectivity index (χ0) is 35.7. The summed E-state index contributed by atoms with van der Waals surface area (Å²) in [5.41, 5.74) is 5.03. The molecule has 0 unspecified atom stereocenters. The van der Waals surface area contributed by atoms with E-state index >= 15 is 0 Å². The molecule has 268 valence electrons. The van der Waals surface area contributed by atoms with Crippen molar-refractivity contribution in [1.82, 2.24) is 15.5 Å². The van der Waals surface area contributed by atoms with Gasteiger partial charge in [0.05, 0.1) is 25.4 Å². The van der Waals surface area contributed by atoms with Crippen LogP contribution in [0.5, 0.6) is 0 Å². The van der Waals surface area contributed by atoms with Crippen LogP contribution in [0.1, 0.15) is 81.6 Å². The molecule has 0 saturated carbocycles. The topological polar surface area (TPSA) is 136 Å². The van der Waals surface area contributed by atoms with E-state index in [1.54, 1.807) is 6.92 Å². The molecular weight excluding hydrogens is 638 g/mol. The molecular formula is C39H49N3O8. The minimum atomic E-state index is -0.628. The normalized spacial score (nSPS) is 21.0. The molecule has 2 saturated heterocycles. The van der Waals surface area contributed by atoms with Crippen molar-refractivity contribution < 1.29 is 38.4 Å². The molecule has 2 amide bonds. The molecule has 3 aromatic rings. The molecule has 5 rings (SSSR count). The minimum Gasteiger partial charge on any atom is -0.465 e. The Balaban J connectivity index is 1.27. The number of carbonyl (C=O) groups is 3. The Hall–Kier alpha value is -4.29. The Morgan fingerprint density at radius 3 is 2.36 bits per heavy atom. The fourth-order valence-corrected chi connectivity index (χ4v) is 6.28. The number of amides is 2. The third-order valence-corrected chi connectivity index (χ3v) is 8.69. The Morgan fingerprint density at radius 1 is 0.920 bits per heavy atom. The predicted molar refractivity (Wildman–Crippen MR) is 188 cm³/mol. The first-order chi connectivity index (χ1) is 24.0. The standard InChI is InChI=1S/C39H49N3O8/c1-5-47-35(44)23-41-38(46)40-22-27-8-6-9-31(20-27)28-15-17-30(18-16-28)37-48-32(21-34(49-37)29-13-11-26(25-43)12-14-29)24-42-19-7-10-33(42)36(45)50-39(2,3)4/h6,8-9,11-18,20,32-34,37,43H,5,7,10,19,21-25H2,1-4H3,(H2,40,41,46)/t32-,33+,34+,37+/m1/s1. The lowest BCUT2D eigenvalue weighted by Gasteiger charge is -2.38. The van der Waals surface area contributed by atoms with Gasteiger partial charge in [0.1, 0.15) is 18.2 Å². The fourth-order valence-electron chi connectivity index (χ4n) is 6.28. The molecule has 11 heteroatoms. The predicted octanol–water partition coefficient (Wildman–Crippen LogP) is 5.56. The van der Waals surface area contributed by atoms with Gasteiger partial charge in [-0.25, -0.2) is 4.79 Å². The van der Waals surface area contributed by atoms with Crippen LogP contribution in [0.4, 0.5) is 4.79 Å². The molecule has 50 heavy (non-hydrogen) atoms. The molecule has 2 aliphatic rings. The molecule has 0 aromatic heterocycles. The second-order valence-corrected chi connectivity index (χ2v) is 13.7. The van der Waals surface area contributed by atoms with Crippen molar-refractivity contribution >= 4 is 18.0 Å². The summed E-state index contributed by atoms with van der Waals surface area (Å²) in [7, 11) is 0. The zero-order valence-electron chi connectivity index (χ0n) is 29.4. The van der Waals surface area contributed by atoms with Gasteiger partial charge in [0, 0.05) is 25.1 Å². The number of hydrogen-bond acceptors (Lipinski definition) is 9. The van der Waals surface area contributed by atoms with Crippen molar-refractivity contribution in [2.75, 3.05) is 26.2 Å². The van der Waals surface area contributed by atoms with Gasteiger partial charge < -0.3 is 34.7 Å². The summed E-state index contributed by atoms with van der Waals surface area (Å²) in [6, 6.07) is 23.0. The van der Waals surface area contributed by atoms with Gasteiger partial charge in [-0.05, 0) is 81.0 Å². The van der Waals surface area contributed by atoms with Crippen LogP contribution in [-0.4, -0.2) is 72.0 Å². The maximum Gasteiger partial charge on any atom is 0.325 e. The number of nitrogens with one attached hydrogen (secondary N) is 2. The van der Waals surface area contributed by atoms with Crippen LogP contribution in [0.25, 0.3) is 11.1 Å².